The summed E-state index contributed by atoms with van der Waals surface area (Å²) in [5, 5.41) is 0.430. The highest BCUT2D eigenvalue weighted by Gasteiger charge is 2.23. The Hall–Kier alpha value is -0.710. The molecule has 5 heteroatoms. The SMILES string of the molecule is CCCCCCCCCCCCOC(=O)CC(CCCCCCCCCCCC)SC(CCCCCCCCCCCC)CC(=O)OCCCCCCCCCCCC. The number of carbonyl (C=O) groups excluding carboxylic acids is 2. The van der Waals surface area contributed by atoms with E-state index in [1.807, 2.05) is 11.8 Å². The molecule has 0 aliphatic heterocycles. The number of ether oxygens (including phenoxy) is 2. The molecule has 59 heavy (non-hydrogen) atoms. The average molecular weight is 852 g/mol. The molecular formula is C54H106O4S. The van der Waals surface area contributed by atoms with E-state index in [4.69, 9.17) is 9.47 Å². The normalized spacial score (nSPS) is 12.5. The monoisotopic (exact) mass is 851 g/mol. The lowest BCUT2D eigenvalue weighted by molar-refractivity contribution is -0.144. The number of hydrogen-bond acceptors (Lipinski definition) is 5. The van der Waals surface area contributed by atoms with Crippen molar-refractivity contribution in [3.05, 3.63) is 0 Å². The molecule has 0 N–H and O–H groups in total. The minimum absolute atomic E-state index is 0.0354. The Morgan fingerprint density at radius 2 is 0.508 bits per heavy atom. The summed E-state index contributed by atoms with van der Waals surface area (Å²) in [7, 11) is 0. The molecule has 0 saturated carbocycles. The summed E-state index contributed by atoms with van der Waals surface area (Å²) >= 11 is 1.92. The van der Waals surface area contributed by atoms with E-state index in [-0.39, 0.29) is 22.4 Å². The molecule has 0 bridgehead atoms. The van der Waals surface area contributed by atoms with Crippen molar-refractivity contribution in [2.24, 2.45) is 0 Å². The molecule has 0 amide bonds. The van der Waals surface area contributed by atoms with Crippen molar-refractivity contribution >= 4 is 23.7 Å². The highest BCUT2D eigenvalue weighted by atomic mass is 32.2. The lowest BCUT2D eigenvalue weighted by Gasteiger charge is -2.23. The summed E-state index contributed by atoms with van der Waals surface area (Å²) in [5.74, 6) is -0.0709. The maximum atomic E-state index is 13.2. The Kier molecular flexibility index (Phi) is 49.3. The van der Waals surface area contributed by atoms with Crippen LogP contribution in [0.4, 0.5) is 0 Å². The topological polar surface area (TPSA) is 52.6 Å². The van der Waals surface area contributed by atoms with Crippen LogP contribution in [0.1, 0.15) is 310 Å². The van der Waals surface area contributed by atoms with Crippen molar-refractivity contribution in [2.75, 3.05) is 13.2 Å². The third-order valence-corrected chi connectivity index (χ3v) is 14.0. The fraction of sp³-hybridized carbons (Fsp3) is 0.963. The van der Waals surface area contributed by atoms with Gasteiger partial charge >= 0.3 is 11.9 Å². The van der Waals surface area contributed by atoms with Gasteiger partial charge in [0.1, 0.15) is 0 Å². The van der Waals surface area contributed by atoms with Gasteiger partial charge in [-0.3, -0.25) is 9.59 Å². The highest BCUT2D eigenvalue weighted by molar-refractivity contribution is 8.00. The fourth-order valence-corrected chi connectivity index (χ4v) is 10.1. The van der Waals surface area contributed by atoms with Gasteiger partial charge in [0.15, 0.2) is 0 Å². The van der Waals surface area contributed by atoms with Gasteiger partial charge in [-0.25, -0.2) is 0 Å². The van der Waals surface area contributed by atoms with Crippen LogP contribution < -0.4 is 0 Å². The molecule has 0 aliphatic rings. The summed E-state index contributed by atoms with van der Waals surface area (Å²) < 4.78 is 11.7. The van der Waals surface area contributed by atoms with E-state index in [2.05, 4.69) is 27.7 Å². The molecule has 0 aromatic rings. The number of thioether (sulfide) groups is 1. The largest absolute Gasteiger partial charge is 0.466 e. The molecule has 0 fully saturated rings. The zero-order valence-corrected chi connectivity index (χ0v) is 41.5. The minimum Gasteiger partial charge on any atom is -0.466 e. The molecule has 2 atom stereocenters. The van der Waals surface area contributed by atoms with Crippen LogP contribution in [0.2, 0.25) is 0 Å². The van der Waals surface area contributed by atoms with Crippen LogP contribution in [0.3, 0.4) is 0 Å². The maximum Gasteiger partial charge on any atom is 0.306 e. The first-order valence-electron chi connectivity index (χ1n) is 27.0. The first kappa shape index (κ1) is 58.3. The lowest BCUT2D eigenvalue weighted by atomic mass is 10.0. The number of esters is 2. The van der Waals surface area contributed by atoms with E-state index >= 15 is 0 Å². The molecule has 0 rings (SSSR count). The third kappa shape index (κ3) is 46.6. The number of carbonyl (C=O) groups is 2. The van der Waals surface area contributed by atoms with Gasteiger partial charge < -0.3 is 9.47 Å². The van der Waals surface area contributed by atoms with E-state index < -0.39 is 0 Å². The van der Waals surface area contributed by atoms with Gasteiger partial charge in [0.05, 0.1) is 26.1 Å². The van der Waals surface area contributed by atoms with Crippen LogP contribution in [-0.2, 0) is 19.1 Å². The second-order valence-corrected chi connectivity index (χ2v) is 20.1. The van der Waals surface area contributed by atoms with Gasteiger partial charge in [-0.15, -0.1) is 0 Å². The summed E-state index contributed by atoms with van der Waals surface area (Å²) in [6.45, 7) is 10.2. The van der Waals surface area contributed by atoms with Crippen molar-refractivity contribution in [1.29, 1.82) is 0 Å². The fourth-order valence-electron chi connectivity index (χ4n) is 8.47. The predicted octanol–water partition coefficient (Wildman–Crippen LogP) is 18.8. The smallest absolute Gasteiger partial charge is 0.306 e. The first-order valence-corrected chi connectivity index (χ1v) is 28.0. The van der Waals surface area contributed by atoms with Gasteiger partial charge in [-0.1, -0.05) is 272 Å². The van der Waals surface area contributed by atoms with Crippen LogP contribution in [0, 0.1) is 0 Å². The van der Waals surface area contributed by atoms with Gasteiger partial charge in [0.2, 0.25) is 0 Å². The lowest BCUT2D eigenvalue weighted by Crippen LogP contribution is -2.21. The van der Waals surface area contributed by atoms with Crippen molar-refractivity contribution in [3.63, 3.8) is 0 Å². The van der Waals surface area contributed by atoms with E-state index in [9.17, 15) is 9.59 Å². The van der Waals surface area contributed by atoms with Crippen molar-refractivity contribution in [2.45, 2.75) is 321 Å². The van der Waals surface area contributed by atoms with Crippen LogP contribution in [0.15, 0.2) is 0 Å². The minimum atomic E-state index is -0.0354. The van der Waals surface area contributed by atoms with Crippen molar-refractivity contribution in [3.8, 4) is 0 Å². The van der Waals surface area contributed by atoms with Crippen LogP contribution in [0.25, 0.3) is 0 Å². The molecule has 352 valence electrons. The molecule has 2 unspecified atom stereocenters. The first-order chi connectivity index (χ1) is 29.1. The number of hydrogen-bond donors (Lipinski definition) is 0. The van der Waals surface area contributed by atoms with Gasteiger partial charge in [0, 0.05) is 10.5 Å². The molecule has 0 spiro atoms. The number of unbranched alkanes of at least 4 members (excludes halogenated alkanes) is 36. The van der Waals surface area contributed by atoms with Crippen molar-refractivity contribution < 1.29 is 19.1 Å². The average Bonchev–Trinajstić information content (AvgIpc) is 3.23. The Morgan fingerprint density at radius 1 is 0.305 bits per heavy atom. The third-order valence-electron chi connectivity index (χ3n) is 12.5. The molecular weight excluding hydrogens is 745 g/mol. The molecule has 0 saturated heterocycles. The summed E-state index contributed by atoms with van der Waals surface area (Å²) in [4.78, 5) is 26.5. The van der Waals surface area contributed by atoms with Crippen LogP contribution in [0.5, 0.6) is 0 Å². The maximum absolute atomic E-state index is 13.2. The van der Waals surface area contributed by atoms with Gasteiger partial charge in [-0.2, -0.15) is 11.8 Å². The Labute approximate surface area is 375 Å². The summed E-state index contributed by atoms with van der Waals surface area (Å²) in [5.41, 5.74) is 0. The molecule has 0 aromatic carbocycles. The van der Waals surface area contributed by atoms with Gasteiger partial charge in [-0.05, 0) is 25.7 Å². The second-order valence-electron chi connectivity index (χ2n) is 18.5. The van der Waals surface area contributed by atoms with E-state index in [0.29, 0.717) is 26.1 Å². The molecule has 4 nitrogen and oxygen atoms in total. The summed E-state index contributed by atoms with van der Waals surface area (Å²) in [6.07, 6.45) is 55.1. The zero-order valence-electron chi connectivity index (χ0n) is 40.7. The van der Waals surface area contributed by atoms with Crippen LogP contribution in [-0.4, -0.2) is 35.7 Å². The quantitative estimate of drug-likeness (QED) is 0.0451. The van der Waals surface area contributed by atoms with E-state index in [1.165, 1.54) is 218 Å². The molecule has 0 aromatic heterocycles. The molecule has 0 heterocycles. The Morgan fingerprint density at radius 3 is 0.746 bits per heavy atom. The summed E-state index contributed by atoms with van der Waals surface area (Å²) in [6, 6.07) is 0. The highest BCUT2D eigenvalue weighted by Crippen LogP contribution is 2.32. The van der Waals surface area contributed by atoms with Crippen LogP contribution >= 0.6 is 11.8 Å². The second kappa shape index (κ2) is 49.9. The van der Waals surface area contributed by atoms with Gasteiger partial charge in [0.25, 0.3) is 0 Å². The standard InChI is InChI=1S/C54H106O4S/c1-5-9-13-17-21-25-29-33-37-41-45-51(49-53(55)57-47-43-39-35-31-27-23-19-15-11-7-3)59-52(46-42-38-34-30-26-22-18-14-10-6-2)50-54(56)58-48-44-40-36-32-28-24-20-16-12-8-4/h51-52H,5-50H2,1-4H3. The van der Waals surface area contributed by atoms with E-state index in [1.54, 1.807) is 0 Å². The molecule has 0 aliphatic carbocycles. The van der Waals surface area contributed by atoms with E-state index in [0.717, 1.165) is 51.4 Å². The number of rotatable bonds is 50. The predicted molar refractivity (Wildman–Crippen MR) is 263 cm³/mol. The Bertz CT molecular complexity index is 767. The van der Waals surface area contributed by atoms with Crippen molar-refractivity contribution in [1.82, 2.24) is 0 Å². The zero-order chi connectivity index (χ0) is 43.0. The molecule has 0 radical (unpaired) electrons. The Balaban J connectivity index is 5.03.